The predicted molar refractivity (Wildman–Crippen MR) is 46.8 cm³/mol. The Hall–Kier alpha value is -0.280. The molecule has 0 radical (unpaired) electrons. The molecule has 0 unspecified atom stereocenters. The summed E-state index contributed by atoms with van der Waals surface area (Å²) in [7, 11) is 1.23. The van der Waals surface area contributed by atoms with E-state index in [2.05, 4.69) is 0 Å². The lowest BCUT2D eigenvalue weighted by molar-refractivity contribution is -0.339. The van der Waals surface area contributed by atoms with E-state index in [1.54, 1.807) is 0 Å². The third kappa shape index (κ3) is 2.00. The molecule has 0 amide bonds. The maximum absolute atomic E-state index is 9.56. The van der Waals surface area contributed by atoms with Crippen LogP contribution >= 0.6 is 0 Å². The van der Waals surface area contributed by atoms with E-state index in [9.17, 15) is 15.3 Å². The highest BCUT2D eigenvalue weighted by molar-refractivity contribution is 4.99. The SMILES string of the molecule is CO[C@H]1OC(CO)(CO)[C@@H](O)[C@H](O)[C@H]1O. The molecular formula is C8H16O7. The number of hydrogen-bond acceptors (Lipinski definition) is 7. The van der Waals surface area contributed by atoms with Crippen molar-refractivity contribution in [1.82, 2.24) is 0 Å². The molecule has 1 fully saturated rings. The summed E-state index contributed by atoms with van der Waals surface area (Å²) in [6.45, 7) is -1.40. The van der Waals surface area contributed by atoms with Crippen LogP contribution in [-0.4, -0.2) is 76.1 Å². The van der Waals surface area contributed by atoms with E-state index in [0.717, 1.165) is 0 Å². The lowest BCUT2D eigenvalue weighted by Crippen LogP contribution is -2.67. The summed E-state index contributed by atoms with van der Waals surface area (Å²) in [5, 5.41) is 46.5. The van der Waals surface area contributed by atoms with Crippen LogP contribution in [0.1, 0.15) is 0 Å². The topological polar surface area (TPSA) is 120 Å². The summed E-state index contributed by atoms with van der Waals surface area (Å²) in [6, 6.07) is 0. The minimum absolute atomic E-state index is 0.700. The zero-order chi connectivity index (χ0) is 11.6. The van der Waals surface area contributed by atoms with E-state index < -0.39 is 43.4 Å². The highest BCUT2D eigenvalue weighted by atomic mass is 16.7. The number of aliphatic hydroxyl groups excluding tert-OH is 5. The molecule has 1 saturated heterocycles. The van der Waals surface area contributed by atoms with Gasteiger partial charge in [0.2, 0.25) is 0 Å². The van der Waals surface area contributed by atoms with Gasteiger partial charge in [0.1, 0.15) is 23.9 Å². The average molecular weight is 224 g/mol. The Kier molecular flexibility index (Phi) is 4.01. The van der Waals surface area contributed by atoms with E-state index in [1.807, 2.05) is 0 Å². The van der Waals surface area contributed by atoms with Gasteiger partial charge in [-0.25, -0.2) is 0 Å². The molecule has 7 heteroatoms. The molecule has 4 atom stereocenters. The molecule has 0 saturated carbocycles. The lowest BCUT2D eigenvalue weighted by atomic mass is 9.88. The second-order valence-corrected chi connectivity index (χ2v) is 3.53. The molecule has 0 aromatic heterocycles. The minimum atomic E-state index is -1.72. The van der Waals surface area contributed by atoms with Crippen molar-refractivity contribution >= 4 is 0 Å². The summed E-state index contributed by atoms with van der Waals surface area (Å²) in [5.41, 5.74) is -1.72. The molecule has 0 bridgehead atoms. The molecule has 5 N–H and O–H groups in total. The largest absolute Gasteiger partial charge is 0.393 e. The monoisotopic (exact) mass is 224 g/mol. The van der Waals surface area contributed by atoms with Crippen LogP contribution < -0.4 is 0 Å². The Morgan fingerprint density at radius 1 is 1.13 bits per heavy atom. The molecular weight excluding hydrogens is 208 g/mol. The van der Waals surface area contributed by atoms with Gasteiger partial charge >= 0.3 is 0 Å². The lowest BCUT2D eigenvalue weighted by Gasteiger charge is -2.46. The van der Waals surface area contributed by atoms with Crippen molar-refractivity contribution in [3.63, 3.8) is 0 Å². The first-order valence-corrected chi connectivity index (χ1v) is 4.49. The zero-order valence-electron chi connectivity index (χ0n) is 8.28. The van der Waals surface area contributed by atoms with Gasteiger partial charge in [0.25, 0.3) is 0 Å². The summed E-state index contributed by atoms with van der Waals surface area (Å²) >= 11 is 0. The van der Waals surface area contributed by atoms with Gasteiger partial charge in [-0.2, -0.15) is 0 Å². The number of hydrogen-bond donors (Lipinski definition) is 5. The van der Waals surface area contributed by atoms with Gasteiger partial charge in [-0.05, 0) is 0 Å². The normalized spacial score (nSPS) is 40.4. The molecule has 1 heterocycles. The second-order valence-electron chi connectivity index (χ2n) is 3.53. The molecule has 90 valence electrons. The molecule has 15 heavy (non-hydrogen) atoms. The van der Waals surface area contributed by atoms with Crippen LogP contribution in [0.2, 0.25) is 0 Å². The molecule has 7 nitrogen and oxygen atoms in total. The summed E-state index contributed by atoms with van der Waals surface area (Å²) in [5.74, 6) is 0. The minimum Gasteiger partial charge on any atom is -0.393 e. The first kappa shape index (κ1) is 12.8. The fourth-order valence-corrected chi connectivity index (χ4v) is 1.53. The van der Waals surface area contributed by atoms with Crippen molar-refractivity contribution in [2.75, 3.05) is 20.3 Å². The third-order valence-corrected chi connectivity index (χ3v) is 2.61. The van der Waals surface area contributed by atoms with Gasteiger partial charge in [0.05, 0.1) is 13.2 Å². The van der Waals surface area contributed by atoms with Crippen molar-refractivity contribution in [1.29, 1.82) is 0 Å². The van der Waals surface area contributed by atoms with Gasteiger partial charge in [-0.15, -0.1) is 0 Å². The van der Waals surface area contributed by atoms with Crippen molar-refractivity contribution in [3.8, 4) is 0 Å². The van der Waals surface area contributed by atoms with Gasteiger partial charge in [-0.3, -0.25) is 0 Å². The Balaban J connectivity index is 2.91. The van der Waals surface area contributed by atoms with Crippen LogP contribution in [0.5, 0.6) is 0 Å². The van der Waals surface area contributed by atoms with Crippen molar-refractivity contribution < 1.29 is 35.0 Å². The van der Waals surface area contributed by atoms with Crippen LogP contribution in [0.15, 0.2) is 0 Å². The van der Waals surface area contributed by atoms with Crippen LogP contribution in [0, 0.1) is 0 Å². The van der Waals surface area contributed by atoms with E-state index in [1.165, 1.54) is 7.11 Å². The molecule has 0 aromatic rings. The highest BCUT2D eigenvalue weighted by Crippen LogP contribution is 2.29. The van der Waals surface area contributed by atoms with E-state index in [4.69, 9.17) is 19.7 Å². The standard InChI is InChI=1S/C8H16O7/c1-14-7-5(12)4(11)6(13)8(2-9,3-10)15-7/h4-7,9-13H,2-3H2,1H3/t4-,5-,6+,7+/m1/s1. The third-order valence-electron chi connectivity index (χ3n) is 2.61. The van der Waals surface area contributed by atoms with Crippen molar-refractivity contribution in [2.24, 2.45) is 0 Å². The van der Waals surface area contributed by atoms with E-state index in [0.29, 0.717) is 0 Å². The summed E-state index contributed by atoms with van der Waals surface area (Å²) in [6.07, 6.45) is -5.78. The quantitative estimate of drug-likeness (QED) is 0.342. The second kappa shape index (κ2) is 4.71. The number of rotatable bonds is 3. The number of aliphatic hydroxyl groups is 5. The maximum atomic E-state index is 9.56. The predicted octanol–water partition coefficient (Wildman–Crippen LogP) is -3.20. The first-order chi connectivity index (χ1) is 7.02. The zero-order valence-corrected chi connectivity index (χ0v) is 8.28. The number of methoxy groups -OCH3 is 1. The Morgan fingerprint density at radius 2 is 1.67 bits per heavy atom. The Morgan fingerprint density at radius 3 is 2.07 bits per heavy atom. The maximum Gasteiger partial charge on any atom is 0.186 e. The molecule has 1 rings (SSSR count). The fourth-order valence-electron chi connectivity index (χ4n) is 1.53. The molecule has 0 aliphatic carbocycles. The van der Waals surface area contributed by atoms with Crippen molar-refractivity contribution in [3.05, 3.63) is 0 Å². The number of ether oxygens (including phenoxy) is 2. The van der Waals surface area contributed by atoms with Crippen LogP contribution in [0.3, 0.4) is 0 Å². The van der Waals surface area contributed by atoms with E-state index >= 15 is 0 Å². The van der Waals surface area contributed by atoms with Gasteiger partial charge < -0.3 is 35.0 Å². The fraction of sp³-hybridized carbons (Fsp3) is 1.00. The first-order valence-electron chi connectivity index (χ1n) is 4.49. The van der Waals surface area contributed by atoms with Crippen LogP contribution in [0.25, 0.3) is 0 Å². The van der Waals surface area contributed by atoms with Crippen molar-refractivity contribution in [2.45, 2.75) is 30.2 Å². The van der Waals surface area contributed by atoms with Gasteiger partial charge in [0, 0.05) is 7.11 Å². The van der Waals surface area contributed by atoms with Crippen LogP contribution in [-0.2, 0) is 9.47 Å². The van der Waals surface area contributed by atoms with Gasteiger partial charge in [0.15, 0.2) is 6.29 Å². The Labute approximate surface area is 86.5 Å². The van der Waals surface area contributed by atoms with E-state index in [-0.39, 0.29) is 0 Å². The molecule has 0 spiro atoms. The average Bonchev–Trinajstić information content (AvgIpc) is 2.27. The summed E-state index contributed by atoms with van der Waals surface area (Å²) in [4.78, 5) is 0. The molecule has 1 aliphatic rings. The molecule has 0 aromatic carbocycles. The molecule has 1 aliphatic heterocycles. The summed E-state index contributed by atoms with van der Waals surface area (Å²) < 4.78 is 9.75. The van der Waals surface area contributed by atoms with Crippen LogP contribution in [0.4, 0.5) is 0 Å². The Bertz CT molecular complexity index is 203. The smallest absolute Gasteiger partial charge is 0.186 e. The highest BCUT2D eigenvalue weighted by Gasteiger charge is 2.53. The van der Waals surface area contributed by atoms with Gasteiger partial charge in [-0.1, -0.05) is 0 Å².